The lowest BCUT2D eigenvalue weighted by atomic mass is 10.1. The van der Waals surface area contributed by atoms with Crippen LogP contribution in [-0.4, -0.2) is 31.9 Å². The smallest absolute Gasteiger partial charge is 0.290 e. The van der Waals surface area contributed by atoms with Crippen LogP contribution in [-0.2, 0) is 0 Å². The number of aromatic amines is 1. The van der Waals surface area contributed by atoms with E-state index in [1.807, 2.05) is 0 Å². The number of carbonyl (C=O) groups is 2. The van der Waals surface area contributed by atoms with Gasteiger partial charge in [0.05, 0.1) is 5.56 Å². The monoisotopic (exact) mass is 339 g/mol. The second-order valence-electron chi connectivity index (χ2n) is 5.05. The summed E-state index contributed by atoms with van der Waals surface area (Å²) in [5.74, 6) is -0.334. The molecule has 8 heteroatoms. The van der Waals surface area contributed by atoms with E-state index in [1.54, 1.807) is 24.3 Å². The number of benzene rings is 1. The Morgan fingerprint density at radius 1 is 1.24 bits per heavy atom. The zero-order chi connectivity index (χ0) is 17.8. The molecule has 0 aliphatic heterocycles. The molecule has 0 spiro atoms. The number of furan rings is 1. The number of carbonyl (C=O) groups excluding carboxylic acids is 2. The van der Waals surface area contributed by atoms with Gasteiger partial charge in [-0.3, -0.25) is 14.7 Å². The minimum Gasteiger partial charge on any atom is -0.504 e. The van der Waals surface area contributed by atoms with E-state index in [0.717, 1.165) is 6.08 Å². The highest BCUT2D eigenvalue weighted by Crippen LogP contribution is 2.25. The number of nitrogens with one attached hydrogen (secondary N) is 1. The predicted molar refractivity (Wildman–Crippen MR) is 86.5 cm³/mol. The van der Waals surface area contributed by atoms with Crippen molar-refractivity contribution in [2.24, 2.45) is 0 Å². The Kier molecular flexibility index (Phi) is 4.42. The number of Topliss-reactive ketones (excluding diaryl/α,β-unsaturated/α-hetero) is 1. The standard InChI is InChI=1S/C17H13N3O5/c1-10(21)11-2-4-13(5-3-11)25-16-6-12(8-24-16)14(22)7-15(23)17-18-9-19-20-17/h2-9,23H,1H3,(H,18,19,20). The first-order chi connectivity index (χ1) is 12.0. The molecule has 2 N–H and O–H groups in total. The molecule has 0 fully saturated rings. The number of ether oxygens (including phenoxy) is 1. The molecule has 1 aromatic carbocycles. The second kappa shape index (κ2) is 6.83. The Morgan fingerprint density at radius 3 is 2.64 bits per heavy atom. The number of nitrogens with zero attached hydrogens (tertiary/aromatic N) is 2. The number of hydrogen-bond acceptors (Lipinski definition) is 7. The van der Waals surface area contributed by atoms with Gasteiger partial charge in [0.1, 0.15) is 18.3 Å². The highest BCUT2D eigenvalue weighted by molar-refractivity contribution is 6.07. The van der Waals surface area contributed by atoms with Crippen LogP contribution < -0.4 is 4.74 Å². The lowest BCUT2D eigenvalue weighted by Gasteiger charge is -2.02. The maximum atomic E-state index is 12.1. The summed E-state index contributed by atoms with van der Waals surface area (Å²) in [6, 6.07) is 7.89. The van der Waals surface area contributed by atoms with E-state index in [1.165, 1.54) is 25.6 Å². The zero-order valence-electron chi connectivity index (χ0n) is 13.1. The molecule has 2 heterocycles. The fraction of sp³-hybridized carbons (Fsp3) is 0.0588. The van der Waals surface area contributed by atoms with Crippen molar-refractivity contribution in [3.8, 4) is 11.7 Å². The minimum absolute atomic E-state index is 0.0129. The van der Waals surface area contributed by atoms with Gasteiger partial charge in [-0.2, -0.15) is 5.10 Å². The topological polar surface area (TPSA) is 118 Å². The van der Waals surface area contributed by atoms with Crippen molar-refractivity contribution in [3.05, 3.63) is 65.9 Å². The van der Waals surface area contributed by atoms with Crippen LogP contribution in [0.15, 0.2) is 53.4 Å². The van der Waals surface area contributed by atoms with Crippen LogP contribution in [0.2, 0.25) is 0 Å². The van der Waals surface area contributed by atoms with Crippen LogP contribution >= 0.6 is 0 Å². The normalized spacial score (nSPS) is 11.3. The molecule has 3 aromatic rings. The summed E-state index contributed by atoms with van der Waals surface area (Å²) in [6.45, 7) is 1.47. The Balaban J connectivity index is 1.70. The van der Waals surface area contributed by atoms with Crippen molar-refractivity contribution in [1.82, 2.24) is 15.2 Å². The SMILES string of the molecule is CC(=O)c1ccc(Oc2cc(C(=O)C=C(O)c3nc[nH]n3)co2)cc1. The summed E-state index contributed by atoms with van der Waals surface area (Å²) >= 11 is 0. The predicted octanol–water partition coefficient (Wildman–Crippen LogP) is 3.17. The first-order valence-electron chi connectivity index (χ1n) is 7.21. The van der Waals surface area contributed by atoms with Crippen molar-refractivity contribution in [2.45, 2.75) is 6.92 Å². The van der Waals surface area contributed by atoms with Crippen molar-refractivity contribution < 1.29 is 23.8 Å². The lowest BCUT2D eigenvalue weighted by molar-refractivity contribution is 0.101. The van der Waals surface area contributed by atoms with Gasteiger partial charge in [0, 0.05) is 17.7 Å². The van der Waals surface area contributed by atoms with Crippen molar-refractivity contribution in [3.63, 3.8) is 0 Å². The minimum atomic E-state index is -0.493. The van der Waals surface area contributed by atoms with Gasteiger partial charge in [-0.25, -0.2) is 4.98 Å². The number of rotatable bonds is 6. The average Bonchev–Trinajstić information content (AvgIpc) is 3.27. The van der Waals surface area contributed by atoms with Crippen molar-refractivity contribution in [1.29, 1.82) is 0 Å². The molecule has 2 aromatic heterocycles. The summed E-state index contributed by atoms with van der Waals surface area (Å²) in [4.78, 5) is 27.0. The molecule has 126 valence electrons. The van der Waals surface area contributed by atoms with E-state index in [-0.39, 0.29) is 28.9 Å². The number of H-pyrrole nitrogens is 1. The summed E-state index contributed by atoms with van der Waals surface area (Å²) in [7, 11) is 0. The first kappa shape index (κ1) is 16.2. The third-order valence-corrected chi connectivity index (χ3v) is 3.25. The quantitative estimate of drug-likeness (QED) is 0.402. The fourth-order valence-electron chi connectivity index (χ4n) is 1.98. The van der Waals surface area contributed by atoms with Gasteiger partial charge < -0.3 is 14.3 Å². The number of aromatic nitrogens is 3. The summed E-state index contributed by atoms with van der Waals surface area (Å²) in [5.41, 5.74) is 0.757. The maximum absolute atomic E-state index is 12.1. The Morgan fingerprint density at radius 2 is 2.00 bits per heavy atom. The summed E-state index contributed by atoms with van der Waals surface area (Å²) in [6.07, 6.45) is 3.48. The second-order valence-corrected chi connectivity index (χ2v) is 5.05. The van der Waals surface area contributed by atoms with Gasteiger partial charge in [-0.05, 0) is 31.2 Å². The molecule has 8 nitrogen and oxygen atoms in total. The van der Waals surface area contributed by atoms with Gasteiger partial charge in [-0.1, -0.05) is 0 Å². The number of hydrogen-bond donors (Lipinski definition) is 2. The van der Waals surface area contributed by atoms with Crippen LogP contribution in [0.3, 0.4) is 0 Å². The molecule has 0 amide bonds. The van der Waals surface area contributed by atoms with E-state index in [0.29, 0.717) is 11.3 Å². The molecule has 0 aliphatic rings. The zero-order valence-corrected chi connectivity index (χ0v) is 13.1. The number of aliphatic hydroxyl groups excluding tert-OH is 1. The third kappa shape index (κ3) is 3.81. The molecule has 0 aliphatic carbocycles. The van der Waals surface area contributed by atoms with E-state index in [9.17, 15) is 14.7 Å². The van der Waals surface area contributed by atoms with Crippen LogP contribution in [0.4, 0.5) is 0 Å². The number of ketones is 2. The van der Waals surface area contributed by atoms with Gasteiger partial charge in [0.2, 0.25) is 5.82 Å². The van der Waals surface area contributed by atoms with Gasteiger partial charge >= 0.3 is 0 Å². The Labute approximate surface area is 141 Å². The van der Waals surface area contributed by atoms with E-state index >= 15 is 0 Å². The van der Waals surface area contributed by atoms with E-state index < -0.39 is 5.78 Å². The summed E-state index contributed by atoms with van der Waals surface area (Å²) in [5, 5.41) is 15.9. The number of allylic oxidation sites excluding steroid dienone is 1. The molecular formula is C17H13N3O5. The number of aliphatic hydroxyl groups is 1. The first-order valence-corrected chi connectivity index (χ1v) is 7.21. The Hall–Kier alpha value is -3.68. The lowest BCUT2D eigenvalue weighted by Crippen LogP contribution is -1.95. The van der Waals surface area contributed by atoms with Crippen LogP contribution in [0.1, 0.15) is 33.5 Å². The van der Waals surface area contributed by atoms with Crippen LogP contribution in [0.5, 0.6) is 11.7 Å². The van der Waals surface area contributed by atoms with E-state index in [4.69, 9.17) is 9.15 Å². The highest BCUT2D eigenvalue weighted by atomic mass is 16.6. The average molecular weight is 339 g/mol. The Bertz CT molecular complexity index is 924. The van der Waals surface area contributed by atoms with Crippen LogP contribution in [0.25, 0.3) is 5.76 Å². The molecule has 0 saturated heterocycles. The van der Waals surface area contributed by atoms with Gasteiger partial charge in [-0.15, -0.1) is 0 Å². The maximum Gasteiger partial charge on any atom is 0.290 e. The molecule has 3 rings (SSSR count). The summed E-state index contributed by atoms with van der Waals surface area (Å²) < 4.78 is 10.7. The molecule has 0 saturated carbocycles. The van der Waals surface area contributed by atoms with Crippen molar-refractivity contribution in [2.75, 3.05) is 0 Å². The molecule has 0 bridgehead atoms. The van der Waals surface area contributed by atoms with E-state index in [2.05, 4.69) is 15.2 Å². The molecule has 25 heavy (non-hydrogen) atoms. The largest absolute Gasteiger partial charge is 0.504 e. The van der Waals surface area contributed by atoms with Gasteiger partial charge in [0.25, 0.3) is 5.95 Å². The molecule has 0 atom stereocenters. The molecule has 0 radical (unpaired) electrons. The molecular weight excluding hydrogens is 326 g/mol. The van der Waals surface area contributed by atoms with Gasteiger partial charge in [0.15, 0.2) is 17.3 Å². The fourth-order valence-corrected chi connectivity index (χ4v) is 1.98. The van der Waals surface area contributed by atoms with Crippen LogP contribution in [0, 0.1) is 0 Å². The third-order valence-electron chi connectivity index (χ3n) is 3.25. The molecule has 0 unspecified atom stereocenters. The highest BCUT2D eigenvalue weighted by Gasteiger charge is 2.13. The van der Waals surface area contributed by atoms with Crippen molar-refractivity contribution >= 4 is 17.3 Å².